The lowest BCUT2D eigenvalue weighted by Crippen LogP contribution is -2.37. The second kappa shape index (κ2) is 5.20. The molecule has 1 nitrogen and oxygen atoms in total. The summed E-state index contributed by atoms with van der Waals surface area (Å²) in [5.74, 6) is 2.08. The Balaban J connectivity index is 2.27. The van der Waals surface area contributed by atoms with E-state index < -0.39 is 0 Å². The van der Waals surface area contributed by atoms with Crippen molar-refractivity contribution in [1.82, 2.24) is 4.90 Å². The van der Waals surface area contributed by atoms with Crippen molar-refractivity contribution in [2.24, 2.45) is 0 Å². The van der Waals surface area contributed by atoms with E-state index in [1.807, 2.05) is 0 Å². The van der Waals surface area contributed by atoms with Gasteiger partial charge < -0.3 is 0 Å². The number of hydrogen-bond acceptors (Lipinski definition) is 3. The van der Waals surface area contributed by atoms with Crippen LogP contribution >= 0.6 is 24.4 Å². The van der Waals surface area contributed by atoms with Crippen LogP contribution in [0, 0.1) is 0 Å². The molecule has 0 aromatic heterocycles. The van der Waals surface area contributed by atoms with Gasteiger partial charge in [-0.1, -0.05) is 19.1 Å². The molecule has 0 bridgehead atoms. The van der Waals surface area contributed by atoms with E-state index in [9.17, 15) is 0 Å². The molecule has 1 unspecified atom stereocenters. The third-order valence-corrected chi connectivity index (χ3v) is 3.58. The van der Waals surface area contributed by atoms with Crippen LogP contribution in [0.15, 0.2) is 12.2 Å². The first-order chi connectivity index (χ1) is 5.72. The minimum atomic E-state index is 0.784. The fourth-order valence-electron chi connectivity index (χ4n) is 1.40. The maximum atomic E-state index is 4.21. The van der Waals surface area contributed by atoms with E-state index in [0.717, 1.165) is 17.5 Å². The number of nitrogens with zero attached hydrogens (tertiary/aromatic N) is 1. The molecule has 3 heteroatoms. The third-order valence-electron chi connectivity index (χ3n) is 2.00. The molecule has 1 heterocycles. The van der Waals surface area contributed by atoms with Crippen LogP contribution in [0.1, 0.15) is 6.92 Å². The zero-order valence-corrected chi connectivity index (χ0v) is 9.33. The van der Waals surface area contributed by atoms with Crippen LogP contribution in [-0.4, -0.2) is 41.3 Å². The van der Waals surface area contributed by atoms with Crippen molar-refractivity contribution < 1.29 is 0 Å². The summed E-state index contributed by atoms with van der Waals surface area (Å²) >= 11 is 6.27. The van der Waals surface area contributed by atoms with E-state index in [0.29, 0.717) is 0 Å². The predicted octanol–water partition coefficient (Wildman–Crippen LogP) is 1.91. The minimum Gasteiger partial charge on any atom is -0.297 e. The molecular weight excluding hydrogens is 186 g/mol. The molecular formula is C9H17NS2. The highest BCUT2D eigenvalue weighted by molar-refractivity contribution is 7.99. The van der Waals surface area contributed by atoms with Crippen LogP contribution in [0.2, 0.25) is 0 Å². The average molecular weight is 203 g/mol. The summed E-state index contributed by atoms with van der Waals surface area (Å²) in [6.07, 6.45) is 0. The van der Waals surface area contributed by atoms with Crippen molar-refractivity contribution in [3.63, 3.8) is 0 Å². The summed E-state index contributed by atoms with van der Waals surface area (Å²) in [5.41, 5.74) is 1.23. The molecule has 0 saturated carbocycles. The molecule has 0 aromatic rings. The Labute approximate surface area is 85.0 Å². The SMILES string of the molecule is C=C(CS)CN1CCSC(C)C1. The molecule has 1 rings (SSSR count). The van der Waals surface area contributed by atoms with Crippen molar-refractivity contribution in [2.45, 2.75) is 12.2 Å². The smallest absolute Gasteiger partial charge is 0.0199 e. The Morgan fingerprint density at radius 2 is 2.50 bits per heavy atom. The van der Waals surface area contributed by atoms with E-state index in [-0.39, 0.29) is 0 Å². The lowest BCUT2D eigenvalue weighted by molar-refractivity contribution is 0.311. The van der Waals surface area contributed by atoms with Crippen LogP contribution in [0.4, 0.5) is 0 Å². The lowest BCUT2D eigenvalue weighted by Gasteiger charge is -2.30. The summed E-state index contributed by atoms with van der Waals surface area (Å²) in [5, 5.41) is 0.784. The van der Waals surface area contributed by atoms with Gasteiger partial charge in [-0.3, -0.25) is 4.90 Å². The molecule has 0 aliphatic carbocycles. The van der Waals surface area contributed by atoms with Gasteiger partial charge in [-0.25, -0.2) is 0 Å². The highest BCUT2D eigenvalue weighted by Gasteiger charge is 2.16. The molecule has 0 amide bonds. The van der Waals surface area contributed by atoms with Crippen LogP contribution in [0.5, 0.6) is 0 Å². The zero-order chi connectivity index (χ0) is 8.97. The standard InChI is InChI=1S/C9H17NS2/c1-8(7-11)5-10-3-4-12-9(2)6-10/h9,11H,1,3-7H2,2H3. The van der Waals surface area contributed by atoms with Gasteiger partial charge in [-0.2, -0.15) is 24.4 Å². The normalized spacial score (nSPS) is 25.7. The van der Waals surface area contributed by atoms with Gasteiger partial charge in [0, 0.05) is 36.4 Å². The van der Waals surface area contributed by atoms with Crippen molar-refractivity contribution in [3.05, 3.63) is 12.2 Å². The molecule has 12 heavy (non-hydrogen) atoms. The first-order valence-electron chi connectivity index (χ1n) is 4.34. The number of thioether (sulfide) groups is 1. The predicted molar refractivity (Wildman–Crippen MR) is 61.4 cm³/mol. The van der Waals surface area contributed by atoms with Crippen molar-refractivity contribution >= 4 is 24.4 Å². The van der Waals surface area contributed by atoms with E-state index in [1.165, 1.54) is 24.4 Å². The second-order valence-electron chi connectivity index (χ2n) is 3.32. The Morgan fingerprint density at radius 1 is 1.75 bits per heavy atom. The topological polar surface area (TPSA) is 3.24 Å². The molecule has 1 aliphatic rings. The Morgan fingerprint density at radius 3 is 3.08 bits per heavy atom. The van der Waals surface area contributed by atoms with Gasteiger partial charge in [0.05, 0.1) is 0 Å². The summed E-state index contributed by atoms with van der Waals surface area (Å²) in [7, 11) is 0. The quantitative estimate of drug-likeness (QED) is 0.551. The van der Waals surface area contributed by atoms with Gasteiger partial charge in [-0.05, 0) is 0 Å². The third kappa shape index (κ3) is 3.42. The van der Waals surface area contributed by atoms with Gasteiger partial charge in [0.1, 0.15) is 0 Å². The molecule has 0 N–H and O–H groups in total. The number of rotatable bonds is 3. The highest BCUT2D eigenvalue weighted by Crippen LogP contribution is 2.18. The van der Waals surface area contributed by atoms with Crippen molar-refractivity contribution in [3.8, 4) is 0 Å². The minimum absolute atomic E-state index is 0.784. The van der Waals surface area contributed by atoms with Crippen LogP contribution < -0.4 is 0 Å². The summed E-state index contributed by atoms with van der Waals surface area (Å²) in [4.78, 5) is 2.47. The first-order valence-corrected chi connectivity index (χ1v) is 6.02. The largest absolute Gasteiger partial charge is 0.297 e. The molecule has 1 aliphatic heterocycles. The number of hydrogen-bond donors (Lipinski definition) is 1. The average Bonchev–Trinajstić information content (AvgIpc) is 2.04. The molecule has 1 fully saturated rings. The first kappa shape index (κ1) is 10.5. The maximum absolute atomic E-state index is 4.21. The Hall–Kier alpha value is 0.400. The van der Waals surface area contributed by atoms with E-state index >= 15 is 0 Å². The summed E-state index contributed by atoms with van der Waals surface area (Å²) < 4.78 is 0. The van der Waals surface area contributed by atoms with Crippen LogP contribution in [-0.2, 0) is 0 Å². The summed E-state index contributed by atoms with van der Waals surface area (Å²) in [6.45, 7) is 9.71. The maximum Gasteiger partial charge on any atom is 0.0199 e. The van der Waals surface area contributed by atoms with E-state index in [2.05, 4.69) is 42.8 Å². The molecule has 70 valence electrons. The van der Waals surface area contributed by atoms with E-state index in [1.54, 1.807) is 0 Å². The monoisotopic (exact) mass is 203 g/mol. The van der Waals surface area contributed by atoms with E-state index in [4.69, 9.17) is 0 Å². The fourth-order valence-corrected chi connectivity index (χ4v) is 2.58. The molecule has 0 radical (unpaired) electrons. The summed E-state index contributed by atoms with van der Waals surface area (Å²) in [6, 6.07) is 0. The highest BCUT2D eigenvalue weighted by atomic mass is 32.2. The number of thiol groups is 1. The lowest BCUT2D eigenvalue weighted by atomic mass is 10.3. The molecule has 0 aromatic carbocycles. The molecule has 1 atom stereocenters. The van der Waals surface area contributed by atoms with Crippen molar-refractivity contribution in [1.29, 1.82) is 0 Å². The van der Waals surface area contributed by atoms with Gasteiger partial charge >= 0.3 is 0 Å². The van der Waals surface area contributed by atoms with Crippen molar-refractivity contribution in [2.75, 3.05) is 31.1 Å². The zero-order valence-electron chi connectivity index (χ0n) is 7.62. The van der Waals surface area contributed by atoms with Crippen LogP contribution in [0.3, 0.4) is 0 Å². The van der Waals surface area contributed by atoms with Gasteiger partial charge in [0.15, 0.2) is 0 Å². The van der Waals surface area contributed by atoms with Gasteiger partial charge in [-0.15, -0.1) is 0 Å². The van der Waals surface area contributed by atoms with Gasteiger partial charge in [0.2, 0.25) is 0 Å². The Kier molecular flexibility index (Phi) is 4.54. The van der Waals surface area contributed by atoms with Crippen LogP contribution in [0.25, 0.3) is 0 Å². The Bertz CT molecular complexity index is 159. The fraction of sp³-hybridized carbons (Fsp3) is 0.778. The molecule has 0 spiro atoms. The second-order valence-corrected chi connectivity index (χ2v) is 5.19. The molecule has 1 saturated heterocycles. The van der Waals surface area contributed by atoms with Gasteiger partial charge in [0.25, 0.3) is 0 Å².